The SMILES string of the molecule is NCCSCCC[SiH3]. The molecule has 0 aromatic carbocycles. The Bertz CT molecular complexity index is 37.4. The minimum atomic E-state index is 0.839. The van der Waals surface area contributed by atoms with Gasteiger partial charge < -0.3 is 5.73 Å². The van der Waals surface area contributed by atoms with Crippen molar-refractivity contribution in [1.29, 1.82) is 0 Å². The topological polar surface area (TPSA) is 26.0 Å². The molecule has 0 aromatic rings. The first-order chi connectivity index (χ1) is 3.91. The molecule has 0 amide bonds. The van der Waals surface area contributed by atoms with E-state index in [1.807, 2.05) is 11.8 Å². The molecule has 0 aliphatic heterocycles. The maximum Gasteiger partial charge on any atom is 0.00558 e. The van der Waals surface area contributed by atoms with Gasteiger partial charge in [0.1, 0.15) is 0 Å². The Balaban J connectivity index is 2.53. The molecule has 0 aliphatic carbocycles. The molecule has 0 aromatic heterocycles. The van der Waals surface area contributed by atoms with Crippen molar-refractivity contribution in [3.8, 4) is 0 Å². The molecule has 0 rings (SSSR count). The lowest BCUT2D eigenvalue weighted by Crippen LogP contribution is -2.01. The third-order valence-corrected chi connectivity index (χ3v) is 2.71. The van der Waals surface area contributed by atoms with Gasteiger partial charge in [0.2, 0.25) is 0 Å². The second-order valence-electron chi connectivity index (χ2n) is 1.75. The minimum Gasteiger partial charge on any atom is -0.330 e. The Morgan fingerprint density at radius 3 is 2.62 bits per heavy atom. The van der Waals surface area contributed by atoms with Gasteiger partial charge in [0.25, 0.3) is 0 Å². The van der Waals surface area contributed by atoms with Crippen LogP contribution in [-0.4, -0.2) is 28.3 Å². The van der Waals surface area contributed by atoms with Crippen molar-refractivity contribution in [1.82, 2.24) is 0 Å². The van der Waals surface area contributed by atoms with Gasteiger partial charge in [0.05, 0.1) is 0 Å². The Kier molecular flexibility index (Phi) is 8.02. The van der Waals surface area contributed by atoms with Gasteiger partial charge in [-0.15, -0.1) is 0 Å². The summed E-state index contributed by atoms with van der Waals surface area (Å²) in [5.41, 5.74) is 5.30. The van der Waals surface area contributed by atoms with Gasteiger partial charge in [-0.3, -0.25) is 0 Å². The molecule has 0 saturated carbocycles. The predicted octanol–water partition coefficient (Wildman–Crippen LogP) is -0.148. The first-order valence-corrected chi connectivity index (χ1v) is 5.76. The average Bonchev–Trinajstić information content (AvgIpc) is 1.81. The van der Waals surface area contributed by atoms with Crippen LogP contribution in [0, 0.1) is 0 Å². The van der Waals surface area contributed by atoms with Gasteiger partial charge in [0.15, 0.2) is 0 Å². The smallest absolute Gasteiger partial charge is 0.00558 e. The van der Waals surface area contributed by atoms with E-state index in [1.165, 1.54) is 28.5 Å². The van der Waals surface area contributed by atoms with Gasteiger partial charge >= 0.3 is 0 Å². The van der Waals surface area contributed by atoms with Crippen molar-refractivity contribution in [3.63, 3.8) is 0 Å². The molecular weight excluding hydrogens is 134 g/mol. The van der Waals surface area contributed by atoms with E-state index in [9.17, 15) is 0 Å². The van der Waals surface area contributed by atoms with E-state index in [0.29, 0.717) is 0 Å². The van der Waals surface area contributed by atoms with Gasteiger partial charge in [-0.1, -0.05) is 6.04 Å². The molecule has 2 N–H and O–H groups in total. The largest absolute Gasteiger partial charge is 0.330 e. The normalized spacial score (nSPS) is 10.1. The summed E-state index contributed by atoms with van der Waals surface area (Å²) in [6, 6.07) is 1.44. The van der Waals surface area contributed by atoms with Crippen LogP contribution in [0.2, 0.25) is 6.04 Å². The van der Waals surface area contributed by atoms with E-state index in [0.717, 1.165) is 12.3 Å². The van der Waals surface area contributed by atoms with Crippen molar-refractivity contribution in [2.45, 2.75) is 12.5 Å². The molecule has 3 heteroatoms. The summed E-state index contributed by atoms with van der Waals surface area (Å²) in [6.07, 6.45) is 1.40. The van der Waals surface area contributed by atoms with Crippen molar-refractivity contribution >= 4 is 22.0 Å². The quantitative estimate of drug-likeness (QED) is 0.435. The molecule has 0 spiro atoms. The molecule has 0 saturated heterocycles. The Morgan fingerprint density at radius 2 is 2.12 bits per heavy atom. The minimum absolute atomic E-state index is 0.839. The fourth-order valence-corrected chi connectivity index (χ4v) is 2.16. The second-order valence-corrected chi connectivity index (χ2v) is 3.98. The molecule has 0 radical (unpaired) electrons. The Hall–Kier alpha value is 0.527. The van der Waals surface area contributed by atoms with E-state index >= 15 is 0 Å². The zero-order chi connectivity index (χ0) is 6.24. The van der Waals surface area contributed by atoms with Crippen LogP contribution in [0.5, 0.6) is 0 Å². The maximum atomic E-state index is 5.30. The molecule has 0 heterocycles. The molecule has 1 nitrogen and oxygen atoms in total. The van der Waals surface area contributed by atoms with E-state index in [4.69, 9.17) is 5.73 Å². The summed E-state index contributed by atoms with van der Waals surface area (Å²) in [6.45, 7) is 0.839. The summed E-state index contributed by atoms with van der Waals surface area (Å²) in [5, 5.41) is 0. The van der Waals surface area contributed by atoms with E-state index in [2.05, 4.69) is 0 Å². The van der Waals surface area contributed by atoms with Crippen LogP contribution in [0.1, 0.15) is 6.42 Å². The summed E-state index contributed by atoms with van der Waals surface area (Å²) in [5.74, 6) is 2.46. The fourth-order valence-electron chi connectivity index (χ4n) is 0.432. The lowest BCUT2D eigenvalue weighted by Gasteiger charge is -1.94. The highest BCUT2D eigenvalue weighted by molar-refractivity contribution is 7.99. The molecule has 8 heavy (non-hydrogen) atoms. The highest BCUT2D eigenvalue weighted by Gasteiger charge is 1.83. The van der Waals surface area contributed by atoms with Crippen LogP contribution in [0.4, 0.5) is 0 Å². The monoisotopic (exact) mass is 149 g/mol. The van der Waals surface area contributed by atoms with Crippen LogP contribution in [0.15, 0.2) is 0 Å². The Labute approximate surface area is 58.8 Å². The first-order valence-electron chi connectivity index (χ1n) is 3.19. The Morgan fingerprint density at radius 1 is 1.38 bits per heavy atom. The third kappa shape index (κ3) is 6.53. The average molecular weight is 149 g/mol. The first kappa shape index (κ1) is 8.53. The third-order valence-electron chi connectivity index (χ3n) is 0.904. The van der Waals surface area contributed by atoms with Gasteiger partial charge in [0, 0.05) is 22.5 Å². The number of hydrogen-bond acceptors (Lipinski definition) is 2. The predicted molar refractivity (Wildman–Crippen MR) is 45.7 cm³/mol. The van der Waals surface area contributed by atoms with Gasteiger partial charge in [-0.05, 0) is 12.2 Å². The van der Waals surface area contributed by atoms with E-state index in [-0.39, 0.29) is 0 Å². The lowest BCUT2D eigenvalue weighted by atomic mass is 10.6. The number of rotatable bonds is 5. The molecule has 50 valence electrons. The van der Waals surface area contributed by atoms with Crippen molar-refractivity contribution in [2.24, 2.45) is 5.73 Å². The number of thioether (sulfide) groups is 1. The van der Waals surface area contributed by atoms with Crippen LogP contribution in [0.3, 0.4) is 0 Å². The van der Waals surface area contributed by atoms with Crippen LogP contribution in [0.25, 0.3) is 0 Å². The lowest BCUT2D eigenvalue weighted by molar-refractivity contribution is 1.09. The van der Waals surface area contributed by atoms with Crippen LogP contribution >= 0.6 is 11.8 Å². The maximum absolute atomic E-state index is 5.30. The molecule has 0 bridgehead atoms. The summed E-state index contributed by atoms with van der Waals surface area (Å²) in [7, 11) is 1.36. The molecule has 0 unspecified atom stereocenters. The van der Waals surface area contributed by atoms with Crippen molar-refractivity contribution in [3.05, 3.63) is 0 Å². The molecule has 0 atom stereocenters. The molecular formula is C5H15NSSi. The standard InChI is InChI=1S/C5H15NSSi/c6-2-4-7-3-1-5-8/h1-6H2,8H3. The fraction of sp³-hybridized carbons (Fsp3) is 1.00. The van der Waals surface area contributed by atoms with Crippen molar-refractivity contribution in [2.75, 3.05) is 18.1 Å². The van der Waals surface area contributed by atoms with Crippen molar-refractivity contribution < 1.29 is 0 Å². The van der Waals surface area contributed by atoms with E-state index in [1.54, 1.807) is 0 Å². The summed E-state index contributed by atoms with van der Waals surface area (Å²) in [4.78, 5) is 0. The second kappa shape index (κ2) is 7.53. The van der Waals surface area contributed by atoms with Gasteiger partial charge in [-0.25, -0.2) is 0 Å². The number of nitrogens with two attached hydrogens (primary N) is 1. The summed E-state index contributed by atoms with van der Waals surface area (Å²) < 4.78 is 0. The zero-order valence-electron chi connectivity index (χ0n) is 5.52. The van der Waals surface area contributed by atoms with Crippen LogP contribution in [-0.2, 0) is 0 Å². The highest BCUT2D eigenvalue weighted by atomic mass is 32.2. The summed E-state index contributed by atoms with van der Waals surface area (Å²) >= 11 is 1.98. The highest BCUT2D eigenvalue weighted by Crippen LogP contribution is 2.01. The van der Waals surface area contributed by atoms with E-state index < -0.39 is 0 Å². The van der Waals surface area contributed by atoms with Crippen LogP contribution < -0.4 is 5.73 Å². The zero-order valence-corrected chi connectivity index (χ0v) is 8.34. The van der Waals surface area contributed by atoms with Gasteiger partial charge in [-0.2, -0.15) is 11.8 Å². The number of hydrogen-bond donors (Lipinski definition) is 1. The molecule has 0 fully saturated rings. The molecule has 0 aliphatic rings.